The van der Waals surface area contributed by atoms with E-state index in [0.717, 1.165) is 11.1 Å². The minimum atomic E-state index is -0.837. The SMILES string of the molecule is NC1CC(CNC(=O)c2ccccc2)C([N+](=O)[O-])CN1C(c1ccccc1)c1ccccc1. The van der Waals surface area contributed by atoms with Crippen molar-refractivity contribution in [2.24, 2.45) is 11.7 Å². The maximum absolute atomic E-state index is 12.5. The summed E-state index contributed by atoms with van der Waals surface area (Å²) in [5.41, 5.74) is 9.23. The van der Waals surface area contributed by atoms with Crippen LogP contribution in [0.2, 0.25) is 0 Å². The van der Waals surface area contributed by atoms with E-state index in [1.165, 1.54) is 0 Å². The van der Waals surface area contributed by atoms with E-state index in [0.29, 0.717) is 12.0 Å². The first kappa shape index (κ1) is 22.6. The zero-order chi connectivity index (χ0) is 23.2. The third kappa shape index (κ3) is 5.27. The van der Waals surface area contributed by atoms with Crippen molar-refractivity contribution in [2.75, 3.05) is 13.1 Å². The fourth-order valence-electron chi connectivity index (χ4n) is 4.62. The second-order valence-corrected chi connectivity index (χ2v) is 8.41. The number of nitrogens with zero attached hydrogens (tertiary/aromatic N) is 2. The van der Waals surface area contributed by atoms with Crippen LogP contribution in [0, 0.1) is 16.0 Å². The molecule has 0 aliphatic carbocycles. The van der Waals surface area contributed by atoms with Gasteiger partial charge in [0.25, 0.3) is 5.91 Å². The number of rotatable bonds is 7. The Kier molecular flexibility index (Phi) is 7.12. The summed E-state index contributed by atoms with van der Waals surface area (Å²) >= 11 is 0. The average Bonchev–Trinajstić information content (AvgIpc) is 2.85. The average molecular weight is 445 g/mol. The second kappa shape index (κ2) is 10.4. The number of piperidine rings is 1. The van der Waals surface area contributed by atoms with Crippen molar-refractivity contribution in [3.63, 3.8) is 0 Å². The number of hydrogen-bond acceptors (Lipinski definition) is 5. The molecule has 1 fully saturated rings. The first-order chi connectivity index (χ1) is 16.0. The van der Waals surface area contributed by atoms with E-state index in [2.05, 4.69) is 5.32 Å². The van der Waals surface area contributed by atoms with E-state index >= 15 is 0 Å². The Morgan fingerprint density at radius 1 is 0.970 bits per heavy atom. The molecule has 0 aromatic heterocycles. The fourth-order valence-corrected chi connectivity index (χ4v) is 4.62. The van der Waals surface area contributed by atoms with Crippen LogP contribution >= 0.6 is 0 Å². The third-order valence-electron chi connectivity index (χ3n) is 6.31. The molecule has 1 aliphatic rings. The fraction of sp³-hybridized carbons (Fsp3) is 0.269. The van der Waals surface area contributed by atoms with Gasteiger partial charge >= 0.3 is 0 Å². The molecule has 0 spiro atoms. The van der Waals surface area contributed by atoms with Gasteiger partial charge in [-0.1, -0.05) is 78.9 Å². The highest BCUT2D eigenvalue weighted by Crippen LogP contribution is 2.35. The first-order valence-corrected chi connectivity index (χ1v) is 11.1. The number of nitro groups is 1. The molecule has 3 atom stereocenters. The number of nitrogens with two attached hydrogens (primary N) is 1. The molecule has 1 amide bonds. The van der Waals surface area contributed by atoms with Gasteiger partial charge in [-0.25, -0.2) is 0 Å². The van der Waals surface area contributed by atoms with E-state index in [-0.39, 0.29) is 42.0 Å². The van der Waals surface area contributed by atoms with E-state index in [9.17, 15) is 14.9 Å². The normalized spacial score (nSPS) is 21.0. The van der Waals surface area contributed by atoms with Gasteiger partial charge in [-0.3, -0.25) is 19.8 Å². The number of carbonyl (C=O) groups is 1. The van der Waals surface area contributed by atoms with Crippen LogP contribution in [0.4, 0.5) is 0 Å². The van der Waals surface area contributed by atoms with Gasteiger partial charge in [0.1, 0.15) is 0 Å². The molecule has 3 aromatic rings. The van der Waals surface area contributed by atoms with Crippen LogP contribution in [0.5, 0.6) is 0 Å². The summed E-state index contributed by atoms with van der Waals surface area (Å²) in [5.74, 6) is -0.591. The topological polar surface area (TPSA) is 101 Å². The molecule has 0 bridgehead atoms. The molecular weight excluding hydrogens is 416 g/mol. The van der Waals surface area contributed by atoms with Crippen LogP contribution in [-0.2, 0) is 0 Å². The molecule has 0 radical (unpaired) electrons. The third-order valence-corrected chi connectivity index (χ3v) is 6.31. The minimum absolute atomic E-state index is 0.190. The van der Waals surface area contributed by atoms with Crippen molar-refractivity contribution in [1.82, 2.24) is 10.2 Å². The minimum Gasteiger partial charge on any atom is -0.351 e. The summed E-state index contributed by atoms with van der Waals surface area (Å²) < 4.78 is 0. The molecule has 7 nitrogen and oxygen atoms in total. The summed E-state index contributed by atoms with van der Waals surface area (Å²) in [4.78, 5) is 26.3. The molecule has 7 heteroatoms. The number of hydrogen-bond donors (Lipinski definition) is 2. The molecule has 170 valence electrons. The number of likely N-dealkylation sites (tertiary alicyclic amines) is 1. The molecule has 1 saturated heterocycles. The lowest BCUT2D eigenvalue weighted by Crippen LogP contribution is -2.58. The Morgan fingerprint density at radius 3 is 2.00 bits per heavy atom. The van der Waals surface area contributed by atoms with Crippen molar-refractivity contribution in [3.05, 3.63) is 118 Å². The Morgan fingerprint density at radius 2 is 1.48 bits per heavy atom. The maximum Gasteiger partial charge on any atom is 0.251 e. The quantitative estimate of drug-likeness (QED) is 0.429. The van der Waals surface area contributed by atoms with Gasteiger partial charge in [0.2, 0.25) is 6.04 Å². The maximum atomic E-state index is 12.5. The number of nitrogens with one attached hydrogen (secondary N) is 1. The van der Waals surface area contributed by atoms with Crippen LogP contribution in [0.15, 0.2) is 91.0 Å². The summed E-state index contributed by atoms with van der Waals surface area (Å²) in [5, 5.41) is 14.9. The van der Waals surface area contributed by atoms with Crippen LogP contribution in [-0.4, -0.2) is 41.0 Å². The standard InChI is InChI=1S/C26H28N4O3/c27-24-16-22(17-28-26(31)21-14-8-3-9-15-21)23(30(32)33)18-29(24)25(19-10-4-1-5-11-19)20-12-6-2-7-13-20/h1-15,22-25H,16-18,27H2,(H,28,31). The highest BCUT2D eigenvalue weighted by Gasteiger charge is 2.44. The summed E-state index contributed by atoms with van der Waals surface area (Å²) in [6.07, 6.45) is 0.0295. The monoisotopic (exact) mass is 444 g/mol. The largest absolute Gasteiger partial charge is 0.351 e. The zero-order valence-corrected chi connectivity index (χ0v) is 18.3. The van der Waals surface area contributed by atoms with Gasteiger partial charge in [0.15, 0.2) is 0 Å². The van der Waals surface area contributed by atoms with Crippen molar-refractivity contribution in [1.29, 1.82) is 0 Å². The molecule has 1 heterocycles. The van der Waals surface area contributed by atoms with Gasteiger partial charge < -0.3 is 11.1 Å². The van der Waals surface area contributed by atoms with Crippen molar-refractivity contribution < 1.29 is 9.72 Å². The Labute approximate surface area is 193 Å². The zero-order valence-electron chi connectivity index (χ0n) is 18.3. The number of carbonyl (C=O) groups excluding carboxylic acids is 1. The highest BCUT2D eigenvalue weighted by atomic mass is 16.6. The first-order valence-electron chi connectivity index (χ1n) is 11.1. The van der Waals surface area contributed by atoms with Crippen molar-refractivity contribution >= 4 is 5.91 Å². The lowest BCUT2D eigenvalue weighted by atomic mass is 9.86. The molecule has 3 aromatic carbocycles. The van der Waals surface area contributed by atoms with E-state index in [1.54, 1.807) is 24.3 Å². The summed E-state index contributed by atoms with van der Waals surface area (Å²) in [6, 6.07) is 27.7. The van der Waals surface area contributed by atoms with Crippen LogP contribution in [0.3, 0.4) is 0 Å². The van der Waals surface area contributed by atoms with Crippen molar-refractivity contribution in [2.45, 2.75) is 24.7 Å². The van der Waals surface area contributed by atoms with Crippen LogP contribution in [0.1, 0.15) is 33.9 Å². The smallest absolute Gasteiger partial charge is 0.251 e. The molecule has 33 heavy (non-hydrogen) atoms. The lowest BCUT2D eigenvalue weighted by molar-refractivity contribution is -0.536. The van der Waals surface area contributed by atoms with Crippen molar-refractivity contribution in [3.8, 4) is 0 Å². The Bertz CT molecular complexity index is 1020. The Hall–Kier alpha value is -3.55. The predicted octanol–water partition coefficient (Wildman–Crippen LogP) is 3.46. The summed E-state index contributed by atoms with van der Waals surface area (Å²) in [7, 11) is 0. The Balaban J connectivity index is 1.55. The van der Waals surface area contributed by atoms with Gasteiger partial charge in [-0.15, -0.1) is 0 Å². The van der Waals surface area contributed by atoms with Crippen LogP contribution < -0.4 is 11.1 Å². The molecule has 1 aliphatic heterocycles. The number of benzene rings is 3. The van der Waals surface area contributed by atoms with Gasteiger partial charge in [0, 0.05) is 22.9 Å². The highest BCUT2D eigenvalue weighted by molar-refractivity contribution is 5.94. The van der Waals surface area contributed by atoms with E-state index in [1.807, 2.05) is 71.6 Å². The van der Waals surface area contributed by atoms with Gasteiger partial charge in [0.05, 0.1) is 18.8 Å². The van der Waals surface area contributed by atoms with E-state index in [4.69, 9.17) is 5.73 Å². The molecule has 3 unspecified atom stereocenters. The molecular formula is C26H28N4O3. The molecule has 3 N–H and O–H groups in total. The van der Waals surface area contributed by atoms with E-state index < -0.39 is 6.04 Å². The van der Waals surface area contributed by atoms with Crippen LogP contribution in [0.25, 0.3) is 0 Å². The predicted molar refractivity (Wildman–Crippen MR) is 127 cm³/mol. The lowest BCUT2D eigenvalue weighted by Gasteiger charge is -2.43. The van der Waals surface area contributed by atoms with Gasteiger partial charge in [-0.05, 0) is 29.7 Å². The number of amides is 1. The van der Waals surface area contributed by atoms with Gasteiger partial charge in [-0.2, -0.15) is 0 Å². The summed E-state index contributed by atoms with van der Waals surface area (Å²) in [6.45, 7) is 0.413. The second-order valence-electron chi connectivity index (χ2n) is 8.41. The molecule has 0 saturated carbocycles. The molecule has 4 rings (SSSR count).